The molecule has 0 aromatic heterocycles. The summed E-state index contributed by atoms with van der Waals surface area (Å²) in [5.41, 5.74) is 0.561. The molecule has 4 rings (SSSR count). The van der Waals surface area contributed by atoms with Gasteiger partial charge in [-0.3, -0.25) is 9.59 Å². The molecule has 1 aromatic rings. The van der Waals surface area contributed by atoms with Crippen molar-refractivity contribution in [2.24, 2.45) is 5.92 Å². The number of hydrogen-bond acceptors (Lipinski definition) is 5. The Labute approximate surface area is 133 Å². The SMILES string of the molecule is O=C1NCCO[C@@H]2CN(C(=O)c3ccc4c(c3)OCO4)CC[C@H]12. The number of nitrogens with zero attached hydrogens (tertiary/aromatic N) is 1. The number of hydrogen-bond donors (Lipinski definition) is 1. The Morgan fingerprint density at radius 3 is 3.04 bits per heavy atom. The van der Waals surface area contributed by atoms with Gasteiger partial charge >= 0.3 is 0 Å². The molecule has 3 heterocycles. The lowest BCUT2D eigenvalue weighted by molar-refractivity contribution is -0.129. The molecule has 23 heavy (non-hydrogen) atoms. The minimum Gasteiger partial charge on any atom is -0.454 e. The first-order valence-corrected chi connectivity index (χ1v) is 7.80. The third-order valence-corrected chi connectivity index (χ3v) is 4.54. The van der Waals surface area contributed by atoms with Gasteiger partial charge in [-0.05, 0) is 24.6 Å². The molecule has 2 fully saturated rings. The van der Waals surface area contributed by atoms with E-state index in [4.69, 9.17) is 14.2 Å². The van der Waals surface area contributed by atoms with Crippen LogP contribution in [0.15, 0.2) is 18.2 Å². The number of likely N-dealkylation sites (tertiary alicyclic amines) is 1. The Morgan fingerprint density at radius 2 is 2.13 bits per heavy atom. The summed E-state index contributed by atoms with van der Waals surface area (Å²) < 4.78 is 16.3. The number of benzene rings is 1. The first-order chi connectivity index (χ1) is 11.2. The third-order valence-electron chi connectivity index (χ3n) is 4.54. The molecule has 2 saturated heterocycles. The second-order valence-corrected chi connectivity index (χ2v) is 5.91. The van der Waals surface area contributed by atoms with E-state index < -0.39 is 0 Å². The zero-order valence-corrected chi connectivity index (χ0v) is 12.6. The molecular formula is C16H18N2O5. The number of amides is 2. The number of ether oxygens (including phenoxy) is 3. The van der Waals surface area contributed by atoms with E-state index in [-0.39, 0.29) is 30.6 Å². The van der Waals surface area contributed by atoms with Crippen LogP contribution in [0.4, 0.5) is 0 Å². The molecule has 2 atom stereocenters. The highest BCUT2D eigenvalue weighted by Crippen LogP contribution is 2.33. The first-order valence-electron chi connectivity index (χ1n) is 7.80. The Hall–Kier alpha value is -2.28. The second kappa shape index (κ2) is 5.73. The van der Waals surface area contributed by atoms with Crippen LogP contribution < -0.4 is 14.8 Å². The summed E-state index contributed by atoms with van der Waals surface area (Å²) in [6, 6.07) is 5.19. The highest BCUT2D eigenvalue weighted by Gasteiger charge is 2.38. The molecular weight excluding hydrogens is 300 g/mol. The minimum absolute atomic E-state index is 0.0303. The third kappa shape index (κ3) is 2.61. The van der Waals surface area contributed by atoms with Crippen molar-refractivity contribution < 1.29 is 23.8 Å². The maximum atomic E-state index is 12.7. The number of carbonyl (C=O) groups excluding carboxylic acids is 2. The summed E-state index contributed by atoms with van der Waals surface area (Å²) >= 11 is 0. The molecule has 2 amide bonds. The van der Waals surface area contributed by atoms with Crippen LogP contribution in [-0.4, -0.2) is 55.9 Å². The van der Waals surface area contributed by atoms with Gasteiger partial charge in [0.05, 0.1) is 18.6 Å². The van der Waals surface area contributed by atoms with Gasteiger partial charge in [0.25, 0.3) is 5.91 Å². The summed E-state index contributed by atoms with van der Waals surface area (Å²) in [6.07, 6.45) is 0.386. The van der Waals surface area contributed by atoms with Crippen molar-refractivity contribution in [3.05, 3.63) is 23.8 Å². The van der Waals surface area contributed by atoms with Gasteiger partial charge in [0.15, 0.2) is 11.5 Å². The molecule has 0 saturated carbocycles. The lowest BCUT2D eigenvalue weighted by Gasteiger charge is -2.36. The van der Waals surface area contributed by atoms with E-state index >= 15 is 0 Å². The molecule has 7 nitrogen and oxygen atoms in total. The van der Waals surface area contributed by atoms with Crippen LogP contribution >= 0.6 is 0 Å². The van der Waals surface area contributed by atoms with Crippen LogP contribution in [0.1, 0.15) is 16.8 Å². The fraction of sp³-hybridized carbons (Fsp3) is 0.500. The molecule has 7 heteroatoms. The van der Waals surface area contributed by atoms with E-state index in [1.54, 1.807) is 23.1 Å². The fourth-order valence-corrected chi connectivity index (χ4v) is 3.30. The van der Waals surface area contributed by atoms with E-state index in [2.05, 4.69) is 5.32 Å². The molecule has 0 aliphatic carbocycles. The Kier molecular flexibility index (Phi) is 3.57. The zero-order valence-electron chi connectivity index (χ0n) is 12.6. The quantitative estimate of drug-likeness (QED) is 0.811. The number of piperidine rings is 1. The average molecular weight is 318 g/mol. The number of fused-ring (bicyclic) bond motifs is 2. The molecule has 3 aliphatic heterocycles. The molecule has 0 spiro atoms. The molecule has 1 aromatic carbocycles. The van der Waals surface area contributed by atoms with E-state index in [0.29, 0.717) is 49.7 Å². The average Bonchev–Trinajstić information content (AvgIpc) is 2.97. The van der Waals surface area contributed by atoms with Crippen molar-refractivity contribution in [1.82, 2.24) is 10.2 Å². The van der Waals surface area contributed by atoms with Crippen LogP contribution in [0.5, 0.6) is 11.5 Å². The summed E-state index contributed by atoms with van der Waals surface area (Å²) in [5, 5.41) is 2.85. The minimum atomic E-state index is -0.232. The van der Waals surface area contributed by atoms with Crippen molar-refractivity contribution in [2.75, 3.05) is 33.0 Å². The van der Waals surface area contributed by atoms with Crippen molar-refractivity contribution >= 4 is 11.8 Å². The van der Waals surface area contributed by atoms with Crippen LogP contribution in [0.2, 0.25) is 0 Å². The van der Waals surface area contributed by atoms with Gasteiger partial charge in [0, 0.05) is 25.2 Å². The molecule has 122 valence electrons. The Balaban J connectivity index is 1.50. The Bertz CT molecular complexity index is 647. The molecule has 1 N–H and O–H groups in total. The lowest BCUT2D eigenvalue weighted by Crippen LogP contribution is -2.50. The van der Waals surface area contributed by atoms with E-state index in [1.165, 1.54) is 0 Å². The highest BCUT2D eigenvalue weighted by atomic mass is 16.7. The van der Waals surface area contributed by atoms with Gasteiger partial charge < -0.3 is 24.4 Å². The molecule has 0 unspecified atom stereocenters. The largest absolute Gasteiger partial charge is 0.454 e. The van der Waals surface area contributed by atoms with Gasteiger partial charge in [-0.25, -0.2) is 0 Å². The van der Waals surface area contributed by atoms with Crippen molar-refractivity contribution in [3.63, 3.8) is 0 Å². The molecule has 0 radical (unpaired) electrons. The normalized spacial score (nSPS) is 26.3. The summed E-state index contributed by atoms with van der Waals surface area (Å²) in [4.78, 5) is 26.5. The summed E-state index contributed by atoms with van der Waals surface area (Å²) in [5.74, 6) is 1.04. The van der Waals surface area contributed by atoms with Crippen LogP contribution in [-0.2, 0) is 9.53 Å². The van der Waals surface area contributed by atoms with Gasteiger partial charge in [-0.15, -0.1) is 0 Å². The van der Waals surface area contributed by atoms with Gasteiger partial charge in [0.2, 0.25) is 12.7 Å². The first kappa shape index (κ1) is 14.3. The van der Waals surface area contributed by atoms with Crippen molar-refractivity contribution in [3.8, 4) is 11.5 Å². The number of carbonyl (C=O) groups is 2. The van der Waals surface area contributed by atoms with Crippen LogP contribution in [0.25, 0.3) is 0 Å². The van der Waals surface area contributed by atoms with Crippen LogP contribution in [0, 0.1) is 5.92 Å². The Morgan fingerprint density at radius 1 is 1.26 bits per heavy atom. The molecule has 3 aliphatic rings. The fourth-order valence-electron chi connectivity index (χ4n) is 3.30. The van der Waals surface area contributed by atoms with E-state index in [1.807, 2.05) is 0 Å². The maximum absolute atomic E-state index is 12.7. The van der Waals surface area contributed by atoms with Crippen molar-refractivity contribution in [2.45, 2.75) is 12.5 Å². The topological polar surface area (TPSA) is 77.1 Å². The van der Waals surface area contributed by atoms with Crippen molar-refractivity contribution in [1.29, 1.82) is 0 Å². The smallest absolute Gasteiger partial charge is 0.254 e. The summed E-state index contributed by atoms with van der Waals surface area (Å²) in [6.45, 7) is 2.18. The zero-order chi connectivity index (χ0) is 15.8. The van der Waals surface area contributed by atoms with Gasteiger partial charge in [-0.1, -0.05) is 0 Å². The standard InChI is InChI=1S/C16H18N2O5/c19-15-11-3-5-18(8-14(11)21-6-4-17-15)16(20)10-1-2-12-13(7-10)23-9-22-12/h1-2,7,11,14H,3-6,8-9H2,(H,17,19)/t11-,14+/m0/s1. The number of rotatable bonds is 1. The van der Waals surface area contributed by atoms with Gasteiger partial charge in [0.1, 0.15) is 0 Å². The predicted molar refractivity (Wildman–Crippen MR) is 79.3 cm³/mol. The van der Waals surface area contributed by atoms with E-state index in [9.17, 15) is 9.59 Å². The van der Waals surface area contributed by atoms with Gasteiger partial charge in [-0.2, -0.15) is 0 Å². The highest BCUT2D eigenvalue weighted by molar-refractivity contribution is 5.95. The number of nitrogens with one attached hydrogen (secondary N) is 1. The summed E-state index contributed by atoms with van der Waals surface area (Å²) in [7, 11) is 0. The monoisotopic (exact) mass is 318 g/mol. The lowest BCUT2D eigenvalue weighted by atomic mass is 9.92. The van der Waals surface area contributed by atoms with Crippen LogP contribution in [0.3, 0.4) is 0 Å². The van der Waals surface area contributed by atoms with E-state index in [0.717, 1.165) is 0 Å². The second-order valence-electron chi connectivity index (χ2n) is 5.91. The molecule has 0 bridgehead atoms. The predicted octanol–water partition coefficient (Wildman–Crippen LogP) is 0.392. The maximum Gasteiger partial charge on any atom is 0.254 e.